The number of rotatable bonds is 0. The third-order valence-electron chi connectivity index (χ3n) is 8.53. The van der Waals surface area contributed by atoms with Crippen molar-refractivity contribution in [2.24, 2.45) is 34.5 Å². The van der Waals surface area contributed by atoms with Crippen molar-refractivity contribution in [1.29, 1.82) is 0 Å². The lowest BCUT2D eigenvalue weighted by Gasteiger charge is -2.60. The first kappa shape index (κ1) is 13.6. The number of fused-ring (bicyclic) bond motifs is 5. The molecular weight excluding hydrogens is 244 g/mol. The molecule has 0 unspecified atom stereocenters. The molecule has 0 amide bonds. The number of hydrogen-bond donors (Lipinski definition) is 1. The largest absolute Gasteiger partial charge is 0.393 e. The van der Waals surface area contributed by atoms with Crippen molar-refractivity contribution in [1.82, 2.24) is 0 Å². The molecule has 0 spiro atoms. The fraction of sp³-hybridized carbons (Fsp3) is 1.00. The van der Waals surface area contributed by atoms with Crippen molar-refractivity contribution in [2.75, 3.05) is 0 Å². The van der Waals surface area contributed by atoms with Crippen LogP contribution in [0.3, 0.4) is 0 Å². The van der Waals surface area contributed by atoms with E-state index in [4.69, 9.17) is 0 Å². The van der Waals surface area contributed by atoms with E-state index < -0.39 is 0 Å². The molecule has 0 aromatic rings. The summed E-state index contributed by atoms with van der Waals surface area (Å²) in [5.41, 5.74) is 0.912. The SMILES string of the molecule is C[C@]12CCCC[C@@H]1CC[C@H]1[C@H]2CC[C@]2(C)[C@@H]1CC[C@@H]2O. The van der Waals surface area contributed by atoms with Crippen LogP contribution in [0.25, 0.3) is 0 Å². The normalized spacial score (nSPS) is 58.6. The molecule has 1 nitrogen and oxygen atoms in total. The number of aliphatic hydroxyl groups is 1. The average Bonchev–Trinajstić information content (AvgIpc) is 2.74. The lowest BCUT2D eigenvalue weighted by molar-refractivity contribution is -0.120. The van der Waals surface area contributed by atoms with E-state index >= 15 is 0 Å². The van der Waals surface area contributed by atoms with E-state index in [-0.39, 0.29) is 11.5 Å². The monoisotopic (exact) mass is 276 g/mol. The molecule has 0 bridgehead atoms. The van der Waals surface area contributed by atoms with Gasteiger partial charge in [0.25, 0.3) is 0 Å². The van der Waals surface area contributed by atoms with Crippen molar-refractivity contribution in [3.63, 3.8) is 0 Å². The van der Waals surface area contributed by atoms with Gasteiger partial charge in [-0.05, 0) is 85.9 Å². The molecule has 4 aliphatic carbocycles. The maximum Gasteiger partial charge on any atom is 0.0596 e. The summed E-state index contributed by atoms with van der Waals surface area (Å²) in [6.07, 6.45) is 14.0. The smallest absolute Gasteiger partial charge is 0.0596 e. The molecule has 1 heteroatoms. The second kappa shape index (κ2) is 4.48. The van der Waals surface area contributed by atoms with Gasteiger partial charge in [-0.3, -0.25) is 0 Å². The minimum atomic E-state index is -0.00895. The molecule has 20 heavy (non-hydrogen) atoms. The third kappa shape index (κ3) is 1.65. The van der Waals surface area contributed by atoms with Crippen molar-refractivity contribution in [2.45, 2.75) is 84.2 Å². The number of aliphatic hydroxyl groups excluding tert-OH is 1. The summed E-state index contributed by atoms with van der Waals surface area (Å²) < 4.78 is 0. The van der Waals surface area contributed by atoms with Gasteiger partial charge in [-0.2, -0.15) is 0 Å². The van der Waals surface area contributed by atoms with Gasteiger partial charge in [0, 0.05) is 0 Å². The Bertz CT molecular complexity index is 391. The summed E-state index contributed by atoms with van der Waals surface area (Å²) in [6, 6.07) is 0. The second-order valence-corrected chi connectivity index (χ2v) is 9.04. The van der Waals surface area contributed by atoms with Crippen LogP contribution in [0, 0.1) is 34.5 Å². The van der Waals surface area contributed by atoms with E-state index in [9.17, 15) is 5.11 Å². The van der Waals surface area contributed by atoms with Gasteiger partial charge in [-0.1, -0.05) is 26.7 Å². The highest BCUT2D eigenvalue weighted by molar-refractivity contribution is 5.08. The molecule has 0 aromatic carbocycles. The van der Waals surface area contributed by atoms with E-state index in [1.165, 1.54) is 57.8 Å². The molecule has 4 rings (SSSR count). The summed E-state index contributed by atoms with van der Waals surface area (Å²) in [4.78, 5) is 0. The first-order valence-electron chi connectivity index (χ1n) is 9.24. The van der Waals surface area contributed by atoms with E-state index in [1.807, 2.05) is 0 Å². The lowest BCUT2D eigenvalue weighted by Crippen LogP contribution is -2.53. The van der Waals surface area contributed by atoms with Crippen LogP contribution >= 0.6 is 0 Å². The average molecular weight is 276 g/mol. The maximum atomic E-state index is 10.5. The fourth-order valence-corrected chi connectivity index (χ4v) is 7.27. The quantitative estimate of drug-likeness (QED) is 0.675. The van der Waals surface area contributed by atoms with Crippen LogP contribution in [0.2, 0.25) is 0 Å². The highest BCUT2D eigenvalue weighted by Crippen LogP contribution is 2.66. The molecule has 0 saturated heterocycles. The Morgan fingerprint density at radius 1 is 0.750 bits per heavy atom. The van der Waals surface area contributed by atoms with Crippen molar-refractivity contribution in [3.8, 4) is 0 Å². The predicted octanol–water partition coefficient (Wildman–Crippen LogP) is 4.78. The van der Waals surface area contributed by atoms with Crippen molar-refractivity contribution < 1.29 is 5.11 Å². The predicted molar refractivity (Wildman–Crippen MR) is 82.4 cm³/mol. The zero-order valence-electron chi connectivity index (χ0n) is 13.4. The van der Waals surface area contributed by atoms with Gasteiger partial charge in [0.2, 0.25) is 0 Å². The van der Waals surface area contributed by atoms with Gasteiger partial charge in [0.05, 0.1) is 6.10 Å². The van der Waals surface area contributed by atoms with Gasteiger partial charge >= 0.3 is 0 Å². The molecule has 0 aliphatic heterocycles. The van der Waals surface area contributed by atoms with Crippen LogP contribution in [0.1, 0.15) is 78.1 Å². The molecule has 4 saturated carbocycles. The minimum Gasteiger partial charge on any atom is -0.393 e. The molecule has 4 aliphatic rings. The Hall–Kier alpha value is -0.0400. The maximum absolute atomic E-state index is 10.5. The highest BCUT2D eigenvalue weighted by atomic mass is 16.3. The Kier molecular flexibility index (Phi) is 3.05. The van der Waals surface area contributed by atoms with Crippen LogP contribution in [0.4, 0.5) is 0 Å². The lowest BCUT2D eigenvalue weighted by atomic mass is 9.45. The van der Waals surface area contributed by atoms with Crippen molar-refractivity contribution >= 4 is 0 Å². The molecule has 0 aromatic heterocycles. The Morgan fingerprint density at radius 3 is 2.40 bits per heavy atom. The van der Waals surface area contributed by atoms with Crippen LogP contribution < -0.4 is 0 Å². The van der Waals surface area contributed by atoms with Gasteiger partial charge in [-0.15, -0.1) is 0 Å². The highest BCUT2D eigenvalue weighted by Gasteiger charge is 2.59. The topological polar surface area (TPSA) is 20.2 Å². The summed E-state index contributed by atoms with van der Waals surface area (Å²) in [5.74, 6) is 3.76. The summed E-state index contributed by atoms with van der Waals surface area (Å²) in [5, 5.41) is 10.5. The molecule has 4 fully saturated rings. The zero-order chi connectivity index (χ0) is 14.0. The van der Waals surface area contributed by atoms with Crippen LogP contribution in [-0.2, 0) is 0 Å². The fourth-order valence-electron chi connectivity index (χ4n) is 7.27. The van der Waals surface area contributed by atoms with E-state index in [2.05, 4.69) is 13.8 Å². The molecule has 0 radical (unpaired) electrons. The summed E-state index contributed by atoms with van der Waals surface area (Å²) >= 11 is 0. The van der Waals surface area contributed by atoms with E-state index in [0.717, 1.165) is 30.1 Å². The van der Waals surface area contributed by atoms with E-state index in [1.54, 1.807) is 0 Å². The standard InChI is InChI=1S/C19H32O/c1-18-11-4-3-5-13(18)6-7-14-15-8-9-17(20)19(15,2)12-10-16(14)18/h13-17,20H,3-12H2,1-2H3/t13-,14-,15-,16-,17+,18+,19-/m1/s1. The van der Waals surface area contributed by atoms with Gasteiger partial charge < -0.3 is 5.11 Å². The molecule has 7 atom stereocenters. The summed E-state index contributed by atoms with van der Waals surface area (Å²) in [7, 11) is 0. The molecule has 1 N–H and O–H groups in total. The Balaban J connectivity index is 1.64. The third-order valence-corrected chi connectivity index (χ3v) is 8.53. The summed E-state index contributed by atoms with van der Waals surface area (Å²) in [6.45, 7) is 5.04. The first-order chi connectivity index (χ1) is 9.56. The van der Waals surface area contributed by atoms with Gasteiger partial charge in [0.1, 0.15) is 0 Å². The first-order valence-corrected chi connectivity index (χ1v) is 9.24. The molecule has 0 heterocycles. The van der Waals surface area contributed by atoms with Gasteiger partial charge in [0.15, 0.2) is 0 Å². The van der Waals surface area contributed by atoms with Crippen molar-refractivity contribution in [3.05, 3.63) is 0 Å². The second-order valence-electron chi connectivity index (χ2n) is 9.04. The number of hydrogen-bond acceptors (Lipinski definition) is 1. The van der Waals surface area contributed by atoms with E-state index in [0.29, 0.717) is 5.41 Å². The minimum absolute atomic E-state index is 0.00895. The zero-order valence-corrected chi connectivity index (χ0v) is 13.4. The van der Waals surface area contributed by atoms with Crippen LogP contribution in [-0.4, -0.2) is 11.2 Å². The van der Waals surface area contributed by atoms with Crippen LogP contribution in [0.5, 0.6) is 0 Å². The molecule has 114 valence electrons. The van der Waals surface area contributed by atoms with Gasteiger partial charge in [-0.25, -0.2) is 0 Å². The Labute approximate surface area is 124 Å². The van der Waals surface area contributed by atoms with Crippen LogP contribution in [0.15, 0.2) is 0 Å². The molecular formula is C19H32O. The Morgan fingerprint density at radius 2 is 1.55 bits per heavy atom.